The van der Waals surface area contributed by atoms with Crippen LogP contribution in [0.5, 0.6) is 0 Å². The summed E-state index contributed by atoms with van der Waals surface area (Å²) < 4.78 is 13.9. The molecule has 0 bridgehead atoms. The minimum atomic E-state index is -1.02. The van der Waals surface area contributed by atoms with Crippen molar-refractivity contribution in [1.82, 2.24) is 0 Å². The summed E-state index contributed by atoms with van der Waals surface area (Å²) in [7, 11) is 0. The second kappa shape index (κ2) is 4.44. The number of carboxylic acid groups (broad SMARTS) is 1. The predicted octanol–water partition coefficient (Wildman–Crippen LogP) is 3.98. The first kappa shape index (κ1) is 13.3. The third-order valence-electron chi connectivity index (χ3n) is 5.05. The fraction of sp³-hybridized carbons (Fsp3) is 0.471. The smallest absolute Gasteiger partial charge is 0.318 e. The summed E-state index contributed by atoms with van der Waals surface area (Å²) >= 11 is 0. The maximum atomic E-state index is 13.9. The molecule has 1 aromatic rings. The Balaban J connectivity index is 2.19. The van der Waals surface area contributed by atoms with Gasteiger partial charge in [0.15, 0.2) is 0 Å². The molecule has 3 rings (SSSR count). The van der Waals surface area contributed by atoms with Gasteiger partial charge in [-0.05, 0) is 62.6 Å². The Morgan fingerprint density at radius 1 is 1.35 bits per heavy atom. The van der Waals surface area contributed by atoms with Gasteiger partial charge in [0.25, 0.3) is 0 Å². The van der Waals surface area contributed by atoms with Crippen LogP contribution in [0, 0.1) is 18.7 Å². The molecule has 0 aliphatic heterocycles. The molecule has 0 unspecified atom stereocenters. The summed E-state index contributed by atoms with van der Waals surface area (Å²) in [6, 6.07) is 4.78. The molecule has 0 saturated heterocycles. The summed E-state index contributed by atoms with van der Waals surface area (Å²) in [4.78, 5) is 12.0. The van der Waals surface area contributed by atoms with Gasteiger partial charge in [0.05, 0.1) is 0 Å². The van der Waals surface area contributed by atoms with Crippen molar-refractivity contribution >= 4 is 5.97 Å². The molecule has 1 N–H and O–H groups in total. The van der Waals surface area contributed by atoms with E-state index in [2.05, 4.69) is 0 Å². The normalized spacial score (nSPS) is 26.1. The molecule has 1 saturated carbocycles. The Hall–Kier alpha value is -1.64. The third-order valence-corrected chi connectivity index (χ3v) is 5.05. The highest BCUT2D eigenvalue weighted by Crippen LogP contribution is 2.53. The standard InChI is InChI=1S/C17H19FO2/c1-10-14(4-3-5-15(10)18)17(16(19)20)9-8-13(11(17)2)12-6-7-12/h3-5,12H,6-9H2,1-2H3,(H,19,20)/t17-/m0/s1. The monoisotopic (exact) mass is 274 g/mol. The third kappa shape index (κ3) is 1.72. The molecular weight excluding hydrogens is 255 g/mol. The number of carbonyl (C=O) groups is 1. The number of halogens is 1. The number of hydrogen-bond donors (Lipinski definition) is 1. The quantitative estimate of drug-likeness (QED) is 0.847. The molecule has 0 heterocycles. The molecule has 2 aliphatic carbocycles. The number of aliphatic carboxylic acids is 1. The summed E-state index contributed by atoms with van der Waals surface area (Å²) in [5, 5.41) is 9.87. The molecule has 0 amide bonds. The van der Waals surface area contributed by atoms with Gasteiger partial charge in [-0.3, -0.25) is 4.79 Å². The van der Waals surface area contributed by atoms with Crippen molar-refractivity contribution in [1.29, 1.82) is 0 Å². The van der Waals surface area contributed by atoms with Crippen molar-refractivity contribution in [3.05, 3.63) is 46.3 Å². The zero-order valence-electron chi connectivity index (χ0n) is 11.9. The SMILES string of the molecule is CC1=C(C2CC2)CC[C@@]1(C(=O)O)c1cccc(F)c1C. The topological polar surface area (TPSA) is 37.3 Å². The predicted molar refractivity (Wildman–Crippen MR) is 75.1 cm³/mol. The van der Waals surface area contributed by atoms with Crippen molar-refractivity contribution in [3.8, 4) is 0 Å². The average Bonchev–Trinajstić information content (AvgIpc) is 3.18. The average molecular weight is 274 g/mol. The first-order chi connectivity index (χ1) is 9.48. The van der Waals surface area contributed by atoms with E-state index in [1.807, 2.05) is 6.92 Å². The van der Waals surface area contributed by atoms with E-state index in [0.717, 1.165) is 12.0 Å². The lowest BCUT2D eigenvalue weighted by atomic mass is 9.73. The van der Waals surface area contributed by atoms with Gasteiger partial charge in [-0.2, -0.15) is 0 Å². The van der Waals surface area contributed by atoms with E-state index in [4.69, 9.17) is 0 Å². The maximum absolute atomic E-state index is 13.9. The minimum Gasteiger partial charge on any atom is -0.480 e. The lowest BCUT2D eigenvalue weighted by Crippen LogP contribution is -2.35. The summed E-state index contributed by atoms with van der Waals surface area (Å²) in [6.45, 7) is 3.61. The Labute approximate surface area is 118 Å². The van der Waals surface area contributed by atoms with Crippen molar-refractivity contribution in [3.63, 3.8) is 0 Å². The minimum absolute atomic E-state index is 0.323. The Bertz CT molecular complexity index is 613. The van der Waals surface area contributed by atoms with Gasteiger partial charge in [0.1, 0.15) is 11.2 Å². The van der Waals surface area contributed by atoms with E-state index < -0.39 is 11.4 Å². The van der Waals surface area contributed by atoms with Crippen LogP contribution < -0.4 is 0 Å². The van der Waals surface area contributed by atoms with Gasteiger partial charge < -0.3 is 5.11 Å². The lowest BCUT2D eigenvalue weighted by Gasteiger charge is -2.29. The Morgan fingerprint density at radius 2 is 2.05 bits per heavy atom. The van der Waals surface area contributed by atoms with Crippen LogP contribution in [0.3, 0.4) is 0 Å². The largest absolute Gasteiger partial charge is 0.480 e. The fourth-order valence-corrected chi connectivity index (χ4v) is 3.70. The van der Waals surface area contributed by atoms with Gasteiger partial charge in [-0.1, -0.05) is 23.3 Å². The molecule has 1 atom stereocenters. The van der Waals surface area contributed by atoms with Crippen molar-refractivity contribution in [2.45, 2.75) is 44.9 Å². The van der Waals surface area contributed by atoms with Crippen molar-refractivity contribution in [2.75, 3.05) is 0 Å². The van der Waals surface area contributed by atoms with Gasteiger partial charge in [0.2, 0.25) is 0 Å². The second-order valence-corrected chi connectivity index (χ2v) is 6.05. The van der Waals surface area contributed by atoms with E-state index in [1.54, 1.807) is 19.1 Å². The molecule has 0 radical (unpaired) electrons. The van der Waals surface area contributed by atoms with Crippen LogP contribution in [-0.4, -0.2) is 11.1 Å². The van der Waals surface area contributed by atoms with Crippen molar-refractivity contribution < 1.29 is 14.3 Å². The molecular formula is C17H19FO2. The zero-order chi connectivity index (χ0) is 14.5. The van der Waals surface area contributed by atoms with Crippen LogP contribution in [0.2, 0.25) is 0 Å². The lowest BCUT2D eigenvalue weighted by molar-refractivity contribution is -0.142. The summed E-state index contributed by atoms with van der Waals surface area (Å²) in [5.41, 5.74) is 2.31. The highest BCUT2D eigenvalue weighted by Gasteiger charge is 2.49. The maximum Gasteiger partial charge on any atom is 0.318 e. The van der Waals surface area contributed by atoms with Crippen LogP contribution >= 0.6 is 0 Å². The first-order valence-corrected chi connectivity index (χ1v) is 7.17. The van der Waals surface area contributed by atoms with Gasteiger partial charge >= 0.3 is 5.97 Å². The zero-order valence-corrected chi connectivity index (χ0v) is 11.9. The molecule has 0 spiro atoms. The molecule has 106 valence electrons. The Morgan fingerprint density at radius 3 is 2.65 bits per heavy atom. The van der Waals surface area contributed by atoms with E-state index in [1.165, 1.54) is 24.5 Å². The van der Waals surface area contributed by atoms with Crippen molar-refractivity contribution in [2.24, 2.45) is 5.92 Å². The molecule has 0 aromatic heterocycles. The van der Waals surface area contributed by atoms with Gasteiger partial charge in [0, 0.05) is 0 Å². The van der Waals surface area contributed by atoms with Gasteiger partial charge in [-0.15, -0.1) is 0 Å². The van der Waals surface area contributed by atoms with E-state index >= 15 is 0 Å². The van der Waals surface area contributed by atoms with Crippen LogP contribution in [0.4, 0.5) is 4.39 Å². The highest BCUT2D eigenvalue weighted by atomic mass is 19.1. The van der Waals surface area contributed by atoms with Crippen LogP contribution in [-0.2, 0) is 10.2 Å². The van der Waals surface area contributed by atoms with Crippen LogP contribution in [0.15, 0.2) is 29.3 Å². The highest BCUT2D eigenvalue weighted by molar-refractivity contribution is 5.87. The number of benzene rings is 1. The number of carboxylic acids is 1. The second-order valence-electron chi connectivity index (χ2n) is 6.05. The molecule has 2 nitrogen and oxygen atoms in total. The summed E-state index contributed by atoms with van der Waals surface area (Å²) in [5.74, 6) is -0.597. The fourth-order valence-electron chi connectivity index (χ4n) is 3.70. The Kier molecular flexibility index (Phi) is 2.96. The molecule has 20 heavy (non-hydrogen) atoms. The number of allylic oxidation sites excluding steroid dienone is 1. The first-order valence-electron chi connectivity index (χ1n) is 7.17. The van der Waals surface area contributed by atoms with Crippen LogP contribution in [0.1, 0.15) is 43.7 Å². The molecule has 1 aromatic carbocycles. The van der Waals surface area contributed by atoms with E-state index in [-0.39, 0.29) is 5.82 Å². The molecule has 3 heteroatoms. The summed E-state index contributed by atoms with van der Waals surface area (Å²) in [6.07, 6.45) is 3.73. The van der Waals surface area contributed by atoms with Crippen LogP contribution in [0.25, 0.3) is 0 Å². The van der Waals surface area contributed by atoms with E-state index in [0.29, 0.717) is 23.5 Å². The number of hydrogen-bond acceptors (Lipinski definition) is 1. The molecule has 1 fully saturated rings. The van der Waals surface area contributed by atoms with Gasteiger partial charge in [-0.25, -0.2) is 4.39 Å². The molecule has 2 aliphatic rings. The number of rotatable bonds is 3. The van der Waals surface area contributed by atoms with E-state index in [9.17, 15) is 14.3 Å².